The molecule has 3 heteroatoms. The van der Waals surface area contributed by atoms with Crippen molar-refractivity contribution in [3.8, 4) is 0 Å². The van der Waals surface area contributed by atoms with E-state index >= 15 is 0 Å². The highest BCUT2D eigenvalue weighted by molar-refractivity contribution is 5.79. The van der Waals surface area contributed by atoms with Crippen LogP contribution in [0.25, 0.3) is 0 Å². The van der Waals surface area contributed by atoms with Gasteiger partial charge in [-0.05, 0) is 43.5 Å². The molecule has 0 saturated carbocycles. The molecule has 0 spiro atoms. The van der Waals surface area contributed by atoms with Crippen LogP contribution in [0.15, 0.2) is 48.5 Å². The quantitative estimate of drug-likeness (QED) is 0.861. The van der Waals surface area contributed by atoms with Gasteiger partial charge in [-0.3, -0.25) is 4.79 Å². The summed E-state index contributed by atoms with van der Waals surface area (Å²) in [4.78, 5) is 14.2. The molecule has 3 nitrogen and oxygen atoms in total. The average Bonchev–Trinajstić information content (AvgIpc) is 2.51. The third-order valence-corrected chi connectivity index (χ3v) is 4.04. The van der Waals surface area contributed by atoms with E-state index in [-0.39, 0.29) is 11.9 Å². The number of nitrogen functional groups attached to an aromatic ring is 1. The van der Waals surface area contributed by atoms with Crippen LogP contribution in [0.2, 0.25) is 0 Å². The summed E-state index contributed by atoms with van der Waals surface area (Å²) in [5.74, 6) is 0.129. The van der Waals surface area contributed by atoms with Gasteiger partial charge in [-0.1, -0.05) is 42.0 Å². The van der Waals surface area contributed by atoms with Crippen LogP contribution in [0.5, 0.6) is 0 Å². The molecule has 0 saturated heterocycles. The van der Waals surface area contributed by atoms with Gasteiger partial charge in [0.05, 0.1) is 6.42 Å². The van der Waals surface area contributed by atoms with Gasteiger partial charge in [0.25, 0.3) is 0 Å². The molecule has 1 unspecified atom stereocenters. The first kappa shape index (κ1) is 16.1. The lowest BCUT2D eigenvalue weighted by molar-refractivity contribution is -0.130. The molecular weight excluding hydrogens is 272 g/mol. The molecule has 0 radical (unpaired) electrons. The third kappa shape index (κ3) is 4.35. The van der Waals surface area contributed by atoms with Crippen molar-refractivity contribution in [3.63, 3.8) is 0 Å². The number of nitrogens with zero attached hydrogens (tertiary/aromatic N) is 1. The van der Waals surface area contributed by atoms with E-state index in [2.05, 4.69) is 38.1 Å². The molecule has 22 heavy (non-hydrogen) atoms. The number of aryl methyl sites for hydroxylation is 1. The van der Waals surface area contributed by atoms with E-state index in [0.29, 0.717) is 6.42 Å². The monoisotopic (exact) mass is 296 g/mol. The molecule has 0 aromatic heterocycles. The lowest BCUT2D eigenvalue weighted by atomic mass is 10.0. The van der Waals surface area contributed by atoms with Gasteiger partial charge in [0.1, 0.15) is 0 Å². The Balaban J connectivity index is 1.94. The van der Waals surface area contributed by atoms with Crippen LogP contribution in [-0.2, 0) is 17.6 Å². The van der Waals surface area contributed by atoms with Crippen molar-refractivity contribution >= 4 is 11.6 Å². The smallest absolute Gasteiger partial charge is 0.226 e. The number of likely N-dealkylation sites (N-methyl/N-ethyl adjacent to an activating group) is 1. The van der Waals surface area contributed by atoms with E-state index in [1.807, 2.05) is 36.2 Å². The van der Waals surface area contributed by atoms with Gasteiger partial charge in [-0.2, -0.15) is 0 Å². The van der Waals surface area contributed by atoms with Gasteiger partial charge in [-0.15, -0.1) is 0 Å². The molecule has 0 fully saturated rings. The fourth-order valence-corrected chi connectivity index (χ4v) is 2.38. The third-order valence-electron chi connectivity index (χ3n) is 4.04. The zero-order valence-electron chi connectivity index (χ0n) is 13.5. The minimum absolute atomic E-state index is 0.129. The number of benzene rings is 2. The first-order chi connectivity index (χ1) is 10.5. The van der Waals surface area contributed by atoms with E-state index < -0.39 is 0 Å². The lowest BCUT2D eigenvalue weighted by Gasteiger charge is -2.25. The van der Waals surface area contributed by atoms with Crippen LogP contribution in [0.1, 0.15) is 23.6 Å². The number of hydrogen-bond donors (Lipinski definition) is 1. The Morgan fingerprint density at radius 1 is 1.05 bits per heavy atom. The van der Waals surface area contributed by atoms with Crippen molar-refractivity contribution in [2.45, 2.75) is 32.7 Å². The number of hydrogen-bond acceptors (Lipinski definition) is 2. The van der Waals surface area contributed by atoms with Gasteiger partial charge in [0.2, 0.25) is 5.91 Å². The normalized spacial score (nSPS) is 12.0. The molecule has 0 aliphatic heterocycles. The Morgan fingerprint density at radius 2 is 1.59 bits per heavy atom. The molecule has 2 aromatic rings. The topological polar surface area (TPSA) is 46.3 Å². The van der Waals surface area contributed by atoms with Crippen LogP contribution in [0, 0.1) is 6.92 Å². The Morgan fingerprint density at radius 3 is 2.18 bits per heavy atom. The summed E-state index contributed by atoms with van der Waals surface area (Å²) >= 11 is 0. The number of rotatable bonds is 5. The van der Waals surface area contributed by atoms with Crippen molar-refractivity contribution in [2.75, 3.05) is 12.8 Å². The molecule has 2 aromatic carbocycles. The van der Waals surface area contributed by atoms with Crippen LogP contribution in [-0.4, -0.2) is 23.9 Å². The van der Waals surface area contributed by atoms with Gasteiger partial charge in [0.15, 0.2) is 0 Å². The first-order valence-corrected chi connectivity index (χ1v) is 7.61. The first-order valence-electron chi connectivity index (χ1n) is 7.61. The second-order valence-electron chi connectivity index (χ2n) is 5.96. The summed E-state index contributed by atoms with van der Waals surface area (Å²) in [6, 6.07) is 16.1. The molecule has 0 bridgehead atoms. The molecule has 1 amide bonds. The summed E-state index contributed by atoms with van der Waals surface area (Å²) in [7, 11) is 1.87. The van der Waals surface area contributed by atoms with Crippen LogP contribution in [0.3, 0.4) is 0 Å². The molecule has 1 atom stereocenters. The lowest BCUT2D eigenvalue weighted by Crippen LogP contribution is -2.37. The van der Waals surface area contributed by atoms with Crippen LogP contribution < -0.4 is 5.73 Å². The largest absolute Gasteiger partial charge is 0.399 e. The summed E-state index contributed by atoms with van der Waals surface area (Å²) in [5.41, 5.74) is 9.89. The van der Waals surface area contributed by atoms with Crippen LogP contribution in [0.4, 0.5) is 5.69 Å². The maximum absolute atomic E-state index is 12.4. The number of carbonyl (C=O) groups excluding carboxylic acids is 1. The summed E-state index contributed by atoms with van der Waals surface area (Å²) in [5, 5.41) is 0. The Bertz CT molecular complexity index is 617. The van der Waals surface area contributed by atoms with Crippen molar-refractivity contribution in [3.05, 3.63) is 65.2 Å². The number of amides is 1. The Labute approximate surface area is 132 Å². The van der Waals surface area contributed by atoms with Crippen molar-refractivity contribution in [1.29, 1.82) is 0 Å². The maximum atomic E-state index is 12.4. The molecule has 2 rings (SSSR count). The van der Waals surface area contributed by atoms with E-state index in [0.717, 1.165) is 17.7 Å². The average molecular weight is 296 g/mol. The zero-order valence-corrected chi connectivity index (χ0v) is 13.5. The molecule has 2 N–H and O–H groups in total. The number of anilines is 1. The molecule has 116 valence electrons. The summed E-state index contributed by atoms with van der Waals surface area (Å²) in [6.45, 7) is 4.16. The maximum Gasteiger partial charge on any atom is 0.226 e. The van der Waals surface area contributed by atoms with Gasteiger partial charge in [-0.25, -0.2) is 0 Å². The minimum atomic E-state index is 0.129. The summed E-state index contributed by atoms with van der Waals surface area (Å²) < 4.78 is 0. The standard InChI is InChI=1S/C19H24N2O/c1-14-4-6-16(7-5-14)12-15(2)21(3)19(22)13-17-8-10-18(20)11-9-17/h4-11,15H,12-13,20H2,1-3H3. The minimum Gasteiger partial charge on any atom is -0.399 e. The molecule has 0 heterocycles. The van der Waals surface area contributed by atoms with Crippen LogP contribution >= 0.6 is 0 Å². The van der Waals surface area contributed by atoms with E-state index in [1.54, 1.807) is 0 Å². The Hall–Kier alpha value is -2.29. The highest BCUT2D eigenvalue weighted by Gasteiger charge is 2.16. The van der Waals surface area contributed by atoms with E-state index in [1.165, 1.54) is 11.1 Å². The van der Waals surface area contributed by atoms with Crippen molar-refractivity contribution < 1.29 is 4.79 Å². The second kappa shape index (κ2) is 7.12. The molecule has 0 aliphatic rings. The van der Waals surface area contributed by atoms with E-state index in [9.17, 15) is 4.79 Å². The highest BCUT2D eigenvalue weighted by Crippen LogP contribution is 2.12. The van der Waals surface area contributed by atoms with Crippen molar-refractivity contribution in [2.24, 2.45) is 0 Å². The fourth-order valence-electron chi connectivity index (χ4n) is 2.38. The highest BCUT2D eigenvalue weighted by atomic mass is 16.2. The molecule has 0 aliphatic carbocycles. The summed E-state index contributed by atoms with van der Waals surface area (Å²) in [6.07, 6.45) is 1.28. The van der Waals surface area contributed by atoms with Gasteiger partial charge in [0, 0.05) is 18.8 Å². The second-order valence-corrected chi connectivity index (χ2v) is 5.96. The van der Waals surface area contributed by atoms with Gasteiger partial charge >= 0.3 is 0 Å². The Kier molecular flexibility index (Phi) is 5.21. The predicted octanol–water partition coefficient (Wildman–Crippen LogP) is 3.21. The fraction of sp³-hybridized carbons (Fsp3) is 0.316. The number of nitrogens with two attached hydrogens (primary N) is 1. The van der Waals surface area contributed by atoms with Crippen molar-refractivity contribution in [1.82, 2.24) is 4.90 Å². The van der Waals surface area contributed by atoms with Gasteiger partial charge < -0.3 is 10.6 Å². The predicted molar refractivity (Wildman–Crippen MR) is 91.7 cm³/mol. The zero-order chi connectivity index (χ0) is 16.1. The molecular formula is C19H24N2O. The van der Waals surface area contributed by atoms with E-state index in [4.69, 9.17) is 5.73 Å². The number of carbonyl (C=O) groups is 1. The SMILES string of the molecule is Cc1ccc(CC(C)N(C)C(=O)Cc2ccc(N)cc2)cc1.